The third kappa shape index (κ3) is 10.6. The number of hydrogen-bond acceptors (Lipinski definition) is 9. The van der Waals surface area contributed by atoms with Crippen LogP contribution in [-0.4, -0.2) is 42.6 Å². The van der Waals surface area contributed by atoms with E-state index < -0.39 is 30.1 Å². The fourth-order valence-electron chi connectivity index (χ4n) is 2.50. The normalized spacial score (nSPS) is 13.0. The summed E-state index contributed by atoms with van der Waals surface area (Å²) in [6.07, 6.45) is -0.323. The molecule has 0 aromatic heterocycles. The van der Waals surface area contributed by atoms with Crippen molar-refractivity contribution in [2.75, 3.05) is 6.61 Å². The number of rotatable bonds is 9. The maximum absolute atomic E-state index is 12.3. The van der Waals surface area contributed by atoms with E-state index in [0.717, 1.165) is 0 Å². The summed E-state index contributed by atoms with van der Waals surface area (Å²) in [5.74, 6) is -2.08. The minimum atomic E-state index is -1.00. The quantitative estimate of drug-likeness (QED) is 0.456. The first-order valence-corrected chi connectivity index (χ1v) is 9.88. The smallest absolute Gasteiger partial charge is 0.323 e. The Hall–Kier alpha value is -2.94. The van der Waals surface area contributed by atoms with Crippen LogP contribution in [0.3, 0.4) is 0 Å². The van der Waals surface area contributed by atoms with Crippen molar-refractivity contribution in [3.8, 4) is 11.5 Å². The standard InChI is InChI=1S/C22H31NO8/c1-13(12-28-20(26)11-22(4,5)6)29-21(27)17(23)9-16-7-8-18(30-14(2)24)19(10-16)31-15(3)25/h7-8,10,13,17H,9,11-12,23H2,1-6H3/t13-,17-/m0/s1. The second-order valence-electron chi connectivity index (χ2n) is 8.45. The fraction of sp³-hybridized carbons (Fsp3) is 0.545. The Balaban J connectivity index is 2.67. The predicted octanol–water partition coefficient (Wildman–Crippen LogP) is 2.32. The van der Waals surface area contributed by atoms with Crippen LogP contribution in [0.1, 0.15) is 53.5 Å². The Morgan fingerprint density at radius 2 is 1.58 bits per heavy atom. The van der Waals surface area contributed by atoms with Crippen LogP contribution in [0.4, 0.5) is 0 Å². The summed E-state index contributed by atoms with van der Waals surface area (Å²) >= 11 is 0. The lowest BCUT2D eigenvalue weighted by atomic mass is 9.92. The Labute approximate surface area is 182 Å². The molecule has 0 aliphatic carbocycles. The molecule has 0 saturated heterocycles. The van der Waals surface area contributed by atoms with Crippen LogP contribution in [0.2, 0.25) is 0 Å². The molecule has 0 fully saturated rings. The van der Waals surface area contributed by atoms with Gasteiger partial charge in [0.25, 0.3) is 0 Å². The number of nitrogens with two attached hydrogens (primary N) is 1. The molecular weight excluding hydrogens is 406 g/mol. The molecule has 9 nitrogen and oxygen atoms in total. The zero-order valence-corrected chi connectivity index (χ0v) is 18.9. The number of ether oxygens (including phenoxy) is 4. The summed E-state index contributed by atoms with van der Waals surface area (Å²) in [5, 5.41) is 0. The lowest BCUT2D eigenvalue weighted by molar-refractivity contribution is -0.159. The molecule has 1 rings (SSSR count). The maximum atomic E-state index is 12.3. The highest BCUT2D eigenvalue weighted by Gasteiger charge is 2.22. The molecule has 1 aromatic carbocycles. The number of hydrogen-bond donors (Lipinski definition) is 1. The molecule has 0 aliphatic heterocycles. The summed E-state index contributed by atoms with van der Waals surface area (Å²) < 4.78 is 20.4. The van der Waals surface area contributed by atoms with Gasteiger partial charge in [-0.05, 0) is 36.5 Å². The highest BCUT2D eigenvalue weighted by atomic mass is 16.6. The average Bonchev–Trinajstić information content (AvgIpc) is 2.59. The van der Waals surface area contributed by atoms with E-state index in [2.05, 4.69) is 0 Å². The molecule has 0 amide bonds. The van der Waals surface area contributed by atoms with Gasteiger partial charge in [0.2, 0.25) is 0 Å². The Bertz CT molecular complexity index is 812. The summed E-state index contributed by atoms with van der Waals surface area (Å²) in [6.45, 7) is 9.72. The van der Waals surface area contributed by atoms with Gasteiger partial charge in [-0.25, -0.2) is 0 Å². The summed E-state index contributed by atoms with van der Waals surface area (Å²) in [7, 11) is 0. The van der Waals surface area contributed by atoms with Crippen LogP contribution in [0.15, 0.2) is 18.2 Å². The second-order valence-corrected chi connectivity index (χ2v) is 8.45. The number of benzene rings is 1. The first kappa shape index (κ1) is 26.1. The van der Waals surface area contributed by atoms with Gasteiger partial charge in [0.05, 0.1) is 6.42 Å². The third-order valence-corrected chi connectivity index (χ3v) is 3.74. The van der Waals surface area contributed by atoms with Crippen LogP contribution < -0.4 is 15.2 Å². The van der Waals surface area contributed by atoms with Gasteiger partial charge in [-0.2, -0.15) is 0 Å². The molecule has 0 unspecified atom stereocenters. The third-order valence-electron chi connectivity index (χ3n) is 3.74. The Morgan fingerprint density at radius 3 is 2.13 bits per heavy atom. The molecule has 2 N–H and O–H groups in total. The van der Waals surface area contributed by atoms with Crippen LogP contribution in [-0.2, 0) is 35.1 Å². The van der Waals surface area contributed by atoms with E-state index in [4.69, 9.17) is 24.7 Å². The Kier molecular flexibility index (Phi) is 9.64. The fourth-order valence-corrected chi connectivity index (χ4v) is 2.50. The Morgan fingerprint density at radius 1 is 1.00 bits per heavy atom. The topological polar surface area (TPSA) is 131 Å². The van der Waals surface area contributed by atoms with Crippen LogP contribution in [0.5, 0.6) is 11.5 Å². The summed E-state index contributed by atoms with van der Waals surface area (Å²) in [4.78, 5) is 46.5. The molecular formula is C22H31NO8. The molecule has 0 radical (unpaired) electrons. The zero-order valence-electron chi connectivity index (χ0n) is 18.9. The van der Waals surface area contributed by atoms with Crippen LogP contribution in [0.25, 0.3) is 0 Å². The molecule has 0 heterocycles. The van der Waals surface area contributed by atoms with Crippen molar-refractivity contribution >= 4 is 23.9 Å². The molecule has 172 valence electrons. The molecule has 0 saturated carbocycles. The maximum Gasteiger partial charge on any atom is 0.323 e. The van der Waals surface area contributed by atoms with Gasteiger partial charge in [0.15, 0.2) is 11.5 Å². The number of esters is 4. The van der Waals surface area contributed by atoms with E-state index in [1.165, 1.54) is 26.0 Å². The van der Waals surface area contributed by atoms with Crippen molar-refractivity contribution in [2.24, 2.45) is 11.1 Å². The van der Waals surface area contributed by atoms with Crippen molar-refractivity contribution in [3.05, 3.63) is 23.8 Å². The summed E-state index contributed by atoms with van der Waals surface area (Å²) in [6, 6.07) is 3.50. The van der Waals surface area contributed by atoms with E-state index in [1.54, 1.807) is 13.0 Å². The van der Waals surface area contributed by atoms with Gasteiger partial charge < -0.3 is 24.7 Å². The largest absolute Gasteiger partial charge is 0.462 e. The minimum absolute atomic E-state index is 0.0416. The minimum Gasteiger partial charge on any atom is -0.462 e. The molecule has 1 aromatic rings. The molecule has 31 heavy (non-hydrogen) atoms. The second kappa shape index (κ2) is 11.5. The van der Waals surface area contributed by atoms with E-state index in [9.17, 15) is 19.2 Å². The van der Waals surface area contributed by atoms with E-state index in [-0.39, 0.29) is 42.3 Å². The molecule has 0 bridgehead atoms. The first-order valence-electron chi connectivity index (χ1n) is 9.88. The first-order chi connectivity index (χ1) is 14.3. The zero-order chi connectivity index (χ0) is 23.8. The van der Waals surface area contributed by atoms with Gasteiger partial charge in [-0.15, -0.1) is 0 Å². The van der Waals surface area contributed by atoms with Crippen molar-refractivity contribution in [1.29, 1.82) is 0 Å². The predicted molar refractivity (Wildman–Crippen MR) is 111 cm³/mol. The van der Waals surface area contributed by atoms with E-state index in [0.29, 0.717) is 5.56 Å². The van der Waals surface area contributed by atoms with E-state index >= 15 is 0 Å². The lowest BCUT2D eigenvalue weighted by Crippen LogP contribution is -2.37. The average molecular weight is 437 g/mol. The van der Waals surface area contributed by atoms with Crippen LogP contribution in [0, 0.1) is 5.41 Å². The van der Waals surface area contributed by atoms with Crippen molar-refractivity contribution in [3.63, 3.8) is 0 Å². The molecule has 2 atom stereocenters. The van der Waals surface area contributed by atoms with Crippen LogP contribution >= 0.6 is 0 Å². The highest BCUT2D eigenvalue weighted by Crippen LogP contribution is 2.29. The molecule has 9 heteroatoms. The molecule has 0 spiro atoms. The van der Waals surface area contributed by atoms with E-state index in [1.807, 2.05) is 20.8 Å². The number of carbonyl (C=O) groups excluding carboxylic acids is 4. The van der Waals surface area contributed by atoms with Crippen molar-refractivity contribution in [2.45, 2.75) is 66.5 Å². The SMILES string of the molecule is CC(=O)Oc1ccc(C[C@H](N)C(=O)O[C@@H](C)COC(=O)CC(C)(C)C)cc1OC(C)=O. The van der Waals surface area contributed by atoms with Gasteiger partial charge in [0, 0.05) is 13.8 Å². The van der Waals surface area contributed by atoms with Crippen molar-refractivity contribution < 1.29 is 38.1 Å². The number of carbonyl (C=O) groups is 4. The van der Waals surface area contributed by atoms with Crippen molar-refractivity contribution in [1.82, 2.24) is 0 Å². The van der Waals surface area contributed by atoms with Gasteiger partial charge >= 0.3 is 23.9 Å². The van der Waals surface area contributed by atoms with Gasteiger partial charge in [-0.3, -0.25) is 19.2 Å². The van der Waals surface area contributed by atoms with Gasteiger partial charge in [-0.1, -0.05) is 26.8 Å². The summed E-state index contributed by atoms with van der Waals surface area (Å²) in [5.41, 5.74) is 6.30. The molecule has 0 aliphatic rings. The lowest BCUT2D eigenvalue weighted by Gasteiger charge is -2.19. The monoisotopic (exact) mass is 437 g/mol. The van der Waals surface area contributed by atoms with Gasteiger partial charge in [0.1, 0.15) is 18.8 Å². The highest BCUT2D eigenvalue weighted by molar-refractivity contribution is 5.77.